The highest BCUT2D eigenvalue weighted by Gasteiger charge is 2.15. The van der Waals surface area contributed by atoms with Crippen LogP contribution in [0.3, 0.4) is 0 Å². The average Bonchev–Trinajstić information content (AvgIpc) is 3.26. The molecule has 0 spiro atoms. The van der Waals surface area contributed by atoms with Crippen LogP contribution >= 0.6 is 0 Å². The lowest BCUT2D eigenvalue weighted by atomic mass is 10.2. The minimum atomic E-state index is -0.201. The predicted octanol–water partition coefficient (Wildman–Crippen LogP) is 10.6. The molecule has 0 bridgehead atoms. The van der Waals surface area contributed by atoms with Crippen LogP contribution in [-0.4, -0.2) is 124 Å². The van der Waals surface area contributed by atoms with E-state index in [2.05, 4.69) is 98.1 Å². The fourth-order valence-electron chi connectivity index (χ4n) is 6.54. The molecule has 11 nitrogen and oxygen atoms in total. The van der Waals surface area contributed by atoms with E-state index in [0.717, 1.165) is 142 Å². The second-order valence-corrected chi connectivity index (χ2v) is 16.1. The number of hydrogen-bond acceptors (Lipinski definition) is 11. The largest absolute Gasteiger partial charge is 0.466 e. The maximum absolute atomic E-state index is 12.6. The third-order valence-electron chi connectivity index (χ3n) is 10.3. The molecule has 0 aromatic heterocycles. The first-order valence-corrected chi connectivity index (χ1v) is 24.6. The molecule has 358 valence electrons. The third-order valence-corrected chi connectivity index (χ3v) is 10.3. The molecular formula is C51H91N3O8. The molecule has 0 aliphatic rings. The number of esters is 4. The van der Waals surface area contributed by atoms with Gasteiger partial charge in [0.2, 0.25) is 0 Å². The van der Waals surface area contributed by atoms with Crippen LogP contribution in [0.1, 0.15) is 169 Å². The molecule has 0 aliphatic heterocycles. The van der Waals surface area contributed by atoms with Gasteiger partial charge in [0.15, 0.2) is 0 Å². The quantitative estimate of drug-likeness (QED) is 0.0252. The van der Waals surface area contributed by atoms with E-state index in [4.69, 9.17) is 18.9 Å². The maximum Gasteiger partial charge on any atom is 0.307 e. The predicted molar refractivity (Wildman–Crippen MR) is 255 cm³/mol. The van der Waals surface area contributed by atoms with Crippen LogP contribution in [0.2, 0.25) is 0 Å². The van der Waals surface area contributed by atoms with E-state index in [0.29, 0.717) is 52.6 Å². The average molecular weight is 874 g/mol. The second-order valence-electron chi connectivity index (χ2n) is 16.1. The molecule has 0 aromatic rings. The molecule has 0 atom stereocenters. The molecule has 0 aromatic carbocycles. The molecule has 11 heteroatoms. The minimum Gasteiger partial charge on any atom is -0.466 e. The summed E-state index contributed by atoms with van der Waals surface area (Å²) >= 11 is 0. The molecule has 0 saturated heterocycles. The summed E-state index contributed by atoms with van der Waals surface area (Å²) < 4.78 is 22.0. The first-order chi connectivity index (χ1) is 30.2. The van der Waals surface area contributed by atoms with Gasteiger partial charge < -0.3 is 33.6 Å². The fourth-order valence-corrected chi connectivity index (χ4v) is 6.54. The lowest BCUT2D eigenvalue weighted by molar-refractivity contribution is -0.146. The summed E-state index contributed by atoms with van der Waals surface area (Å²) in [7, 11) is 2.10. The number of allylic oxidation sites excluding steroid dienone is 8. The molecule has 0 N–H and O–H groups in total. The zero-order valence-electron chi connectivity index (χ0n) is 40.3. The number of unbranched alkanes of at least 4 members (excludes halogenated alkanes) is 8. The highest BCUT2D eigenvalue weighted by Crippen LogP contribution is 2.07. The van der Waals surface area contributed by atoms with E-state index < -0.39 is 0 Å². The number of carbonyl (C=O) groups excluding carboxylic acids is 4. The lowest BCUT2D eigenvalue weighted by Crippen LogP contribution is -2.34. The number of carbonyl (C=O) groups is 4. The zero-order chi connectivity index (χ0) is 45.6. The van der Waals surface area contributed by atoms with Gasteiger partial charge in [0, 0.05) is 26.2 Å². The van der Waals surface area contributed by atoms with Crippen molar-refractivity contribution in [2.24, 2.45) is 0 Å². The Morgan fingerprint density at radius 1 is 0.339 bits per heavy atom. The molecule has 0 radical (unpaired) electrons. The summed E-state index contributed by atoms with van der Waals surface area (Å²) in [4.78, 5) is 57.0. The Balaban J connectivity index is 5.01. The van der Waals surface area contributed by atoms with Gasteiger partial charge in [0.05, 0.1) is 52.1 Å². The Kier molecular flexibility index (Phi) is 43.3. The van der Waals surface area contributed by atoms with Crippen molar-refractivity contribution in [3.63, 3.8) is 0 Å². The Morgan fingerprint density at radius 2 is 0.597 bits per heavy atom. The molecule has 0 rings (SSSR count). The highest BCUT2D eigenvalue weighted by atomic mass is 16.5. The van der Waals surface area contributed by atoms with Crippen molar-refractivity contribution in [1.82, 2.24) is 14.7 Å². The van der Waals surface area contributed by atoms with E-state index in [1.807, 2.05) is 0 Å². The van der Waals surface area contributed by atoms with E-state index in [1.54, 1.807) is 0 Å². The molecule has 0 unspecified atom stereocenters. The number of hydrogen-bond donors (Lipinski definition) is 0. The van der Waals surface area contributed by atoms with E-state index in [-0.39, 0.29) is 49.6 Å². The van der Waals surface area contributed by atoms with Crippen molar-refractivity contribution in [3.8, 4) is 0 Å². The fraction of sp³-hybridized carbons (Fsp3) is 0.765. The Labute approximate surface area is 379 Å². The molecular weight excluding hydrogens is 783 g/mol. The third kappa shape index (κ3) is 42.0. The van der Waals surface area contributed by atoms with E-state index >= 15 is 0 Å². The van der Waals surface area contributed by atoms with Gasteiger partial charge in [-0.1, -0.05) is 76.3 Å². The standard InChI is InChI=1S/C51H91N3O8/c1-6-10-14-18-22-26-44-59-48(55)32-40-53(41-33-49(56)60-45-27-23-19-15-11-7-2)38-30-36-52(5)37-31-39-54(42-34-50(57)61-46-28-24-20-16-12-8-3)43-35-51(58)62-47-29-25-21-17-13-9-4/h10-17H,6-9,18-47H2,1-5H3/b14-10-,15-11-,16-12-,17-13-. The van der Waals surface area contributed by atoms with Crippen LogP contribution in [0.4, 0.5) is 0 Å². The molecule has 0 amide bonds. The van der Waals surface area contributed by atoms with Crippen LogP contribution in [0.15, 0.2) is 48.6 Å². The number of rotatable bonds is 44. The van der Waals surface area contributed by atoms with Gasteiger partial charge in [0.25, 0.3) is 0 Å². The Hall–Kier alpha value is -3.28. The van der Waals surface area contributed by atoms with Crippen LogP contribution < -0.4 is 0 Å². The summed E-state index contributed by atoms with van der Waals surface area (Å²) in [6.07, 6.45) is 35.8. The summed E-state index contributed by atoms with van der Waals surface area (Å²) in [6, 6.07) is 0. The van der Waals surface area contributed by atoms with Crippen LogP contribution in [0, 0.1) is 0 Å². The lowest BCUT2D eigenvalue weighted by Gasteiger charge is -2.25. The number of ether oxygens (including phenoxy) is 4. The van der Waals surface area contributed by atoms with Crippen molar-refractivity contribution in [2.45, 2.75) is 169 Å². The molecule has 62 heavy (non-hydrogen) atoms. The van der Waals surface area contributed by atoms with Gasteiger partial charge in [-0.2, -0.15) is 0 Å². The molecule has 0 saturated carbocycles. The van der Waals surface area contributed by atoms with Crippen LogP contribution in [-0.2, 0) is 38.1 Å². The molecule has 0 fully saturated rings. The number of nitrogens with zero attached hydrogens (tertiary/aromatic N) is 3. The first-order valence-electron chi connectivity index (χ1n) is 24.6. The van der Waals surface area contributed by atoms with Crippen LogP contribution in [0.25, 0.3) is 0 Å². The second kappa shape index (κ2) is 45.7. The maximum atomic E-state index is 12.6. The van der Waals surface area contributed by atoms with E-state index in [9.17, 15) is 19.2 Å². The monoisotopic (exact) mass is 874 g/mol. The molecule has 0 heterocycles. The minimum absolute atomic E-state index is 0.201. The van der Waals surface area contributed by atoms with E-state index in [1.165, 1.54) is 0 Å². The summed E-state index contributed by atoms with van der Waals surface area (Å²) in [5.74, 6) is -0.804. The summed E-state index contributed by atoms with van der Waals surface area (Å²) in [6.45, 7) is 15.6. The summed E-state index contributed by atoms with van der Waals surface area (Å²) in [5, 5.41) is 0. The van der Waals surface area contributed by atoms with Gasteiger partial charge in [0.1, 0.15) is 0 Å². The topological polar surface area (TPSA) is 115 Å². The van der Waals surface area contributed by atoms with Gasteiger partial charge in [-0.05, 0) is 149 Å². The SMILES string of the molecule is CC/C=C\CCCCOC(=O)CCN(CCCN(C)CCCN(CCC(=O)OCCCC/C=C\CC)CCC(=O)OCCCC/C=C\CC)CCC(=O)OCCCC/C=C\CC. The van der Waals surface area contributed by atoms with Gasteiger partial charge in [-0.25, -0.2) is 0 Å². The van der Waals surface area contributed by atoms with Crippen molar-refractivity contribution < 1.29 is 38.1 Å². The van der Waals surface area contributed by atoms with Crippen molar-refractivity contribution >= 4 is 23.9 Å². The van der Waals surface area contributed by atoms with Gasteiger partial charge in [-0.15, -0.1) is 0 Å². The van der Waals surface area contributed by atoms with Crippen molar-refractivity contribution in [2.75, 3.05) is 85.8 Å². The van der Waals surface area contributed by atoms with Gasteiger partial charge in [-0.3, -0.25) is 19.2 Å². The van der Waals surface area contributed by atoms with Crippen molar-refractivity contribution in [1.29, 1.82) is 0 Å². The molecule has 0 aliphatic carbocycles. The van der Waals surface area contributed by atoms with Crippen LogP contribution in [0.5, 0.6) is 0 Å². The Morgan fingerprint density at radius 3 is 0.839 bits per heavy atom. The van der Waals surface area contributed by atoms with Gasteiger partial charge >= 0.3 is 23.9 Å². The Bertz CT molecular complexity index is 1030. The highest BCUT2D eigenvalue weighted by molar-refractivity contribution is 5.71. The van der Waals surface area contributed by atoms with Crippen molar-refractivity contribution in [3.05, 3.63) is 48.6 Å². The zero-order valence-corrected chi connectivity index (χ0v) is 40.3. The normalized spacial score (nSPS) is 12.0. The smallest absolute Gasteiger partial charge is 0.307 e. The first kappa shape index (κ1) is 58.7. The summed E-state index contributed by atoms with van der Waals surface area (Å²) in [5.41, 5.74) is 0.